The van der Waals surface area contributed by atoms with Crippen LogP contribution in [-0.4, -0.2) is 37.2 Å². The average molecular weight is 364 g/mol. The lowest BCUT2D eigenvalue weighted by atomic mass is 9.80. The summed E-state index contributed by atoms with van der Waals surface area (Å²) < 4.78 is 17.8. The van der Waals surface area contributed by atoms with Gasteiger partial charge in [0.25, 0.3) is 0 Å². The molecule has 4 rings (SSSR count). The molecule has 138 valence electrons. The van der Waals surface area contributed by atoms with Crippen LogP contribution in [0.4, 0.5) is 5.69 Å². The van der Waals surface area contributed by atoms with Gasteiger partial charge in [-0.2, -0.15) is 4.58 Å². The summed E-state index contributed by atoms with van der Waals surface area (Å²) in [6, 6.07) is 11.6. The Morgan fingerprint density at radius 3 is 2.67 bits per heavy atom. The van der Waals surface area contributed by atoms with Crippen LogP contribution in [-0.2, 0) is 10.2 Å². The number of nitrogens with zero attached hydrogens (tertiary/aromatic N) is 1. The first-order valence-electron chi connectivity index (χ1n) is 8.83. The van der Waals surface area contributed by atoms with Gasteiger partial charge in [0.05, 0.1) is 18.1 Å². The quantitative estimate of drug-likeness (QED) is 0.612. The first-order valence-corrected chi connectivity index (χ1v) is 8.83. The number of hydrogen-bond donors (Lipinski definition) is 0. The summed E-state index contributed by atoms with van der Waals surface area (Å²) in [5.41, 5.74) is 4.73. The van der Waals surface area contributed by atoms with Crippen molar-refractivity contribution < 1.29 is 23.6 Å². The molecule has 2 aromatic carbocycles. The van der Waals surface area contributed by atoms with E-state index in [1.807, 2.05) is 43.4 Å². The lowest BCUT2D eigenvalue weighted by Crippen LogP contribution is -2.26. The molecule has 0 bridgehead atoms. The number of carbonyl (C=O) groups excluding carboxylic acids is 1. The molecule has 5 nitrogen and oxygen atoms in total. The average Bonchev–Trinajstić information content (AvgIpc) is 3.20. The van der Waals surface area contributed by atoms with E-state index in [0.717, 1.165) is 34.0 Å². The zero-order valence-corrected chi connectivity index (χ0v) is 15.9. The normalized spacial score (nSPS) is 16.7. The molecule has 0 saturated heterocycles. The molecule has 5 heteroatoms. The van der Waals surface area contributed by atoms with Gasteiger partial charge in [0.15, 0.2) is 17.2 Å². The number of ether oxygens (including phenoxy) is 3. The maximum absolute atomic E-state index is 11.9. The highest BCUT2D eigenvalue weighted by atomic mass is 16.7. The van der Waals surface area contributed by atoms with E-state index in [1.165, 1.54) is 7.11 Å². The van der Waals surface area contributed by atoms with Gasteiger partial charge >= 0.3 is 5.97 Å². The molecule has 2 aliphatic rings. The minimum Gasteiger partial charge on any atom is -0.465 e. The summed E-state index contributed by atoms with van der Waals surface area (Å²) in [5.74, 6) is 1.23. The maximum atomic E-state index is 11.9. The molecule has 0 atom stereocenters. The highest BCUT2D eigenvalue weighted by Crippen LogP contribution is 2.40. The van der Waals surface area contributed by atoms with Gasteiger partial charge in [0.1, 0.15) is 7.05 Å². The van der Waals surface area contributed by atoms with E-state index in [0.29, 0.717) is 5.56 Å². The van der Waals surface area contributed by atoms with Gasteiger partial charge in [-0.15, -0.1) is 0 Å². The lowest BCUT2D eigenvalue weighted by Gasteiger charge is -2.16. The molecular formula is C22H22NO4+. The van der Waals surface area contributed by atoms with Gasteiger partial charge in [-0.1, -0.05) is 6.07 Å². The zero-order valence-electron chi connectivity index (χ0n) is 15.9. The van der Waals surface area contributed by atoms with E-state index in [4.69, 9.17) is 14.2 Å². The summed E-state index contributed by atoms with van der Waals surface area (Å²) in [4.78, 5) is 11.9. The molecule has 0 aliphatic carbocycles. The fourth-order valence-corrected chi connectivity index (χ4v) is 3.77. The fraction of sp³-hybridized carbons (Fsp3) is 0.273. The highest BCUT2D eigenvalue weighted by molar-refractivity contribution is 6.06. The summed E-state index contributed by atoms with van der Waals surface area (Å²) >= 11 is 0. The number of esters is 1. The third-order valence-corrected chi connectivity index (χ3v) is 5.28. The van der Waals surface area contributed by atoms with Crippen LogP contribution in [0.1, 0.15) is 35.3 Å². The van der Waals surface area contributed by atoms with Crippen LogP contribution < -0.4 is 9.47 Å². The molecule has 2 aromatic rings. The first-order chi connectivity index (χ1) is 12.9. The van der Waals surface area contributed by atoms with Crippen molar-refractivity contribution >= 4 is 23.4 Å². The predicted molar refractivity (Wildman–Crippen MR) is 103 cm³/mol. The van der Waals surface area contributed by atoms with E-state index in [9.17, 15) is 4.79 Å². The third kappa shape index (κ3) is 2.79. The third-order valence-electron chi connectivity index (χ3n) is 5.28. The van der Waals surface area contributed by atoms with Crippen LogP contribution >= 0.6 is 0 Å². The van der Waals surface area contributed by atoms with Crippen molar-refractivity contribution in [1.29, 1.82) is 0 Å². The molecule has 0 spiro atoms. The molecule has 0 unspecified atom stereocenters. The van der Waals surface area contributed by atoms with Crippen LogP contribution in [0.5, 0.6) is 11.5 Å². The summed E-state index contributed by atoms with van der Waals surface area (Å²) in [5, 5.41) is 0. The smallest absolute Gasteiger partial charge is 0.337 e. The van der Waals surface area contributed by atoms with E-state index in [1.54, 1.807) is 0 Å². The molecule has 2 aliphatic heterocycles. The molecule has 0 radical (unpaired) electrons. The number of fused-ring (bicyclic) bond motifs is 2. The Hall–Kier alpha value is -3.08. The molecular weight excluding hydrogens is 342 g/mol. The Morgan fingerprint density at radius 1 is 1.11 bits per heavy atom. The van der Waals surface area contributed by atoms with E-state index < -0.39 is 0 Å². The van der Waals surface area contributed by atoms with E-state index >= 15 is 0 Å². The van der Waals surface area contributed by atoms with Crippen molar-refractivity contribution in [3.05, 3.63) is 59.2 Å². The summed E-state index contributed by atoms with van der Waals surface area (Å²) in [7, 11) is 3.45. The Balaban J connectivity index is 1.69. The van der Waals surface area contributed by atoms with E-state index in [-0.39, 0.29) is 18.2 Å². The number of benzene rings is 2. The number of methoxy groups -OCH3 is 1. The standard InChI is InChI=1S/C22H22NO4/c1-22(2)16-12-15(21(24)25-4)7-8-17(16)23(3)20(22)10-6-14-5-9-18-19(11-14)27-13-26-18/h5-12H,13H2,1-4H3/q+1/b10-6+. The van der Waals surface area contributed by atoms with Gasteiger partial charge < -0.3 is 14.2 Å². The molecule has 0 fully saturated rings. The minimum atomic E-state index is -0.319. The monoisotopic (exact) mass is 364 g/mol. The second-order valence-corrected chi connectivity index (χ2v) is 7.24. The van der Waals surface area contributed by atoms with Crippen molar-refractivity contribution in [2.45, 2.75) is 19.3 Å². The van der Waals surface area contributed by atoms with Gasteiger partial charge in [0, 0.05) is 17.7 Å². The Bertz CT molecular complexity index is 1000. The first kappa shape index (κ1) is 17.3. The van der Waals surface area contributed by atoms with Gasteiger partial charge in [-0.05, 0) is 49.8 Å². The minimum absolute atomic E-state index is 0.235. The Labute approximate surface area is 158 Å². The zero-order chi connectivity index (χ0) is 19.2. The van der Waals surface area contributed by atoms with Crippen molar-refractivity contribution in [3.8, 4) is 11.5 Å². The maximum Gasteiger partial charge on any atom is 0.337 e. The van der Waals surface area contributed by atoms with Crippen molar-refractivity contribution in [1.82, 2.24) is 0 Å². The number of rotatable bonds is 3. The predicted octanol–water partition coefficient (Wildman–Crippen LogP) is 3.92. The molecule has 2 heterocycles. The summed E-state index contributed by atoms with van der Waals surface area (Å²) in [6.07, 6.45) is 4.19. The van der Waals surface area contributed by atoms with Crippen LogP contribution in [0.25, 0.3) is 6.08 Å². The highest BCUT2D eigenvalue weighted by Gasteiger charge is 2.43. The van der Waals surface area contributed by atoms with Crippen LogP contribution in [0.2, 0.25) is 0 Å². The molecule has 0 amide bonds. The van der Waals surface area contributed by atoms with Crippen molar-refractivity contribution in [2.75, 3.05) is 21.0 Å². The van der Waals surface area contributed by atoms with Gasteiger partial charge in [-0.25, -0.2) is 4.79 Å². The van der Waals surface area contributed by atoms with Crippen molar-refractivity contribution in [3.63, 3.8) is 0 Å². The number of hydrogen-bond acceptors (Lipinski definition) is 4. The molecule has 27 heavy (non-hydrogen) atoms. The SMILES string of the molecule is COC(=O)c1ccc2c(c1)C(C)(C)C(/C=C/c1ccc3c(c1)OCO3)=[N+]2C. The van der Waals surface area contributed by atoms with Gasteiger partial charge in [0.2, 0.25) is 12.5 Å². The van der Waals surface area contributed by atoms with Crippen LogP contribution in [0, 0.1) is 0 Å². The fourth-order valence-electron chi connectivity index (χ4n) is 3.77. The number of allylic oxidation sites excluding steroid dienone is 1. The summed E-state index contributed by atoms with van der Waals surface area (Å²) in [6.45, 7) is 4.60. The topological polar surface area (TPSA) is 47.8 Å². The van der Waals surface area contributed by atoms with Crippen molar-refractivity contribution in [2.24, 2.45) is 0 Å². The van der Waals surface area contributed by atoms with E-state index in [2.05, 4.69) is 30.6 Å². The largest absolute Gasteiger partial charge is 0.465 e. The number of carbonyl (C=O) groups is 1. The molecule has 0 aromatic heterocycles. The Morgan fingerprint density at radius 2 is 1.89 bits per heavy atom. The Kier molecular flexibility index (Phi) is 4.02. The van der Waals surface area contributed by atoms with Crippen LogP contribution in [0.15, 0.2) is 42.5 Å². The molecule has 0 saturated carbocycles. The second kappa shape index (κ2) is 6.27. The van der Waals surface area contributed by atoms with Gasteiger partial charge in [-0.3, -0.25) is 0 Å². The second-order valence-electron chi connectivity index (χ2n) is 7.24. The van der Waals surface area contributed by atoms with Crippen LogP contribution in [0.3, 0.4) is 0 Å². The lowest BCUT2D eigenvalue weighted by molar-refractivity contribution is -0.401. The molecule has 0 N–H and O–H groups in total.